The molecule has 0 saturated heterocycles. The van der Waals surface area contributed by atoms with Crippen molar-refractivity contribution >= 4 is 16.9 Å². The number of methoxy groups -OCH3 is 1. The van der Waals surface area contributed by atoms with Gasteiger partial charge in [-0.3, -0.25) is 0 Å². The maximum atomic E-state index is 12.2. The van der Waals surface area contributed by atoms with Crippen LogP contribution in [0.3, 0.4) is 0 Å². The van der Waals surface area contributed by atoms with E-state index < -0.39 is 5.41 Å². The van der Waals surface area contributed by atoms with Crippen molar-refractivity contribution in [1.82, 2.24) is 15.6 Å². The normalized spacial score (nSPS) is 13.1. The second kappa shape index (κ2) is 9.47. The first kappa shape index (κ1) is 20.7. The SMILES string of the molecule is COc1cccc2[nH]cc(CCNC(=O)NC[C@@](C)(CO)Cc3ccccc3)c12. The molecule has 29 heavy (non-hydrogen) atoms. The molecule has 3 aromatic rings. The average Bonchev–Trinajstić information content (AvgIpc) is 3.16. The predicted molar refractivity (Wildman–Crippen MR) is 115 cm³/mol. The minimum atomic E-state index is -0.414. The lowest BCUT2D eigenvalue weighted by atomic mass is 9.84. The first-order valence-corrected chi connectivity index (χ1v) is 9.84. The van der Waals surface area contributed by atoms with Gasteiger partial charge in [-0.2, -0.15) is 0 Å². The molecule has 0 saturated carbocycles. The van der Waals surface area contributed by atoms with E-state index in [-0.39, 0.29) is 12.6 Å². The van der Waals surface area contributed by atoms with E-state index in [1.807, 2.05) is 61.7 Å². The molecule has 0 fully saturated rings. The molecule has 2 aromatic carbocycles. The van der Waals surface area contributed by atoms with Crippen molar-refractivity contribution in [3.05, 3.63) is 65.9 Å². The summed E-state index contributed by atoms with van der Waals surface area (Å²) in [6.45, 7) is 2.87. The third-order valence-electron chi connectivity index (χ3n) is 5.18. The molecule has 0 radical (unpaired) electrons. The summed E-state index contributed by atoms with van der Waals surface area (Å²) < 4.78 is 5.45. The number of benzene rings is 2. The topological polar surface area (TPSA) is 86.4 Å². The number of amides is 2. The number of rotatable bonds is 9. The lowest BCUT2D eigenvalue weighted by Gasteiger charge is -2.27. The molecule has 3 rings (SSSR count). The van der Waals surface area contributed by atoms with Crippen molar-refractivity contribution in [3.63, 3.8) is 0 Å². The summed E-state index contributed by atoms with van der Waals surface area (Å²) in [5.41, 5.74) is 2.84. The highest BCUT2D eigenvalue weighted by Crippen LogP contribution is 2.28. The summed E-state index contributed by atoms with van der Waals surface area (Å²) in [5.74, 6) is 0.822. The van der Waals surface area contributed by atoms with Crippen LogP contribution in [0.15, 0.2) is 54.7 Å². The summed E-state index contributed by atoms with van der Waals surface area (Å²) in [6.07, 6.45) is 3.34. The van der Waals surface area contributed by atoms with E-state index in [2.05, 4.69) is 15.6 Å². The van der Waals surface area contributed by atoms with Gasteiger partial charge in [-0.15, -0.1) is 0 Å². The molecular weight excluding hydrogens is 366 g/mol. The number of carbonyl (C=O) groups excluding carboxylic acids is 1. The van der Waals surface area contributed by atoms with E-state index in [0.717, 1.165) is 27.8 Å². The van der Waals surface area contributed by atoms with Gasteiger partial charge in [0, 0.05) is 35.6 Å². The van der Waals surface area contributed by atoms with Crippen LogP contribution in [-0.4, -0.2) is 42.9 Å². The fourth-order valence-corrected chi connectivity index (χ4v) is 3.52. The number of urea groups is 1. The number of carbonyl (C=O) groups is 1. The van der Waals surface area contributed by atoms with Crippen LogP contribution in [0.4, 0.5) is 4.79 Å². The zero-order valence-electron chi connectivity index (χ0n) is 17.0. The van der Waals surface area contributed by atoms with E-state index in [9.17, 15) is 9.90 Å². The molecule has 0 aliphatic heterocycles. The van der Waals surface area contributed by atoms with E-state index in [0.29, 0.717) is 25.9 Å². The third kappa shape index (κ3) is 5.29. The molecule has 4 N–H and O–H groups in total. The Morgan fingerprint density at radius 3 is 2.66 bits per heavy atom. The Kier molecular flexibility index (Phi) is 6.77. The van der Waals surface area contributed by atoms with Crippen LogP contribution in [0.5, 0.6) is 5.75 Å². The van der Waals surface area contributed by atoms with Crippen molar-refractivity contribution in [1.29, 1.82) is 0 Å². The van der Waals surface area contributed by atoms with Crippen LogP contribution >= 0.6 is 0 Å². The number of aliphatic hydroxyl groups excluding tert-OH is 1. The number of aliphatic hydroxyl groups is 1. The zero-order chi connectivity index (χ0) is 20.7. The number of ether oxygens (including phenoxy) is 1. The average molecular weight is 396 g/mol. The van der Waals surface area contributed by atoms with E-state index in [1.165, 1.54) is 0 Å². The second-order valence-electron chi connectivity index (χ2n) is 7.69. The number of fused-ring (bicyclic) bond motifs is 1. The molecule has 0 unspecified atom stereocenters. The highest BCUT2D eigenvalue weighted by Gasteiger charge is 2.24. The Hall–Kier alpha value is -2.99. The Labute approximate surface area is 171 Å². The molecule has 0 bridgehead atoms. The van der Waals surface area contributed by atoms with Crippen molar-refractivity contribution in [2.24, 2.45) is 5.41 Å². The van der Waals surface area contributed by atoms with Crippen molar-refractivity contribution in [2.75, 3.05) is 26.8 Å². The smallest absolute Gasteiger partial charge is 0.314 e. The van der Waals surface area contributed by atoms with Gasteiger partial charge in [0.25, 0.3) is 0 Å². The van der Waals surface area contributed by atoms with Gasteiger partial charge in [0.1, 0.15) is 5.75 Å². The van der Waals surface area contributed by atoms with Crippen LogP contribution in [0.25, 0.3) is 10.9 Å². The van der Waals surface area contributed by atoms with Gasteiger partial charge >= 0.3 is 6.03 Å². The van der Waals surface area contributed by atoms with E-state index in [1.54, 1.807) is 7.11 Å². The van der Waals surface area contributed by atoms with Gasteiger partial charge in [0.05, 0.1) is 13.7 Å². The summed E-state index contributed by atoms with van der Waals surface area (Å²) >= 11 is 0. The molecule has 1 heterocycles. The van der Waals surface area contributed by atoms with E-state index >= 15 is 0 Å². The Bertz CT molecular complexity index is 939. The van der Waals surface area contributed by atoms with Crippen molar-refractivity contribution in [2.45, 2.75) is 19.8 Å². The second-order valence-corrected chi connectivity index (χ2v) is 7.69. The van der Waals surface area contributed by atoms with Crippen LogP contribution in [0.2, 0.25) is 0 Å². The van der Waals surface area contributed by atoms with Crippen LogP contribution in [0, 0.1) is 5.41 Å². The van der Waals surface area contributed by atoms with Gasteiger partial charge < -0.3 is 25.5 Å². The molecule has 6 heteroatoms. The molecule has 0 aliphatic rings. The quantitative estimate of drug-likeness (QED) is 0.449. The number of H-pyrrole nitrogens is 1. The molecule has 154 valence electrons. The maximum absolute atomic E-state index is 12.2. The summed E-state index contributed by atoms with van der Waals surface area (Å²) in [4.78, 5) is 15.5. The van der Waals surface area contributed by atoms with Gasteiger partial charge in [-0.25, -0.2) is 4.79 Å². The van der Waals surface area contributed by atoms with Crippen LogP contribution < -0.4 is 15.4 Å². The Morgan fingerprint density at radius 2 is 1.93 bits per heavy atom. The molecular formula is C23H29N3O3. The molecule has 1 aromatic heterocycles. The standard InChI is InChI=1S/C23H29N3O3/c1-23(16-27,13-17-7-4-3-5-8-17)15-26-22(28)24-12-11-18-14-25-19-9-6-10-20(29-2)21(18)19/h3-10,14,25,27H,11-13,15-16H2,1-2H3,(H2,24,26,28)/t23-/m0/s1. The highest BCUT2D eigenvalue weighted by atomic mass is 16.5. The number of nitrogens with one attached hydrogen (secondary N) is 3. The highest BCUT2D eigenvalue weighted by molar-refractivity contribution is 5.89. The van der Waals surface area contributed by atoms with Crippen molar-refractivity contribution in [3.8, 4) is 5.75 Å². The summed E-state index contributed by atoms with van der Waals surface area (Å²) in [7, 11) is 1.66. The molecule has 6 nitrogen and oxygen atoms in total. The first-order chi connectivity index (χ1) is 14.0. The molecule has 1 atom stereocenters. The number of aromatic amines is 1. The van der Waals surface area contributed by atoms with E-state index in [4.69, 9.17) is 4.74 Å². The fraction of sp³-hybridized carbons (Fsp3) is 0.348. The van der Waals surface area contributed by atoms with Gasteiger partial charge in [0.15, 0.2) is 0 Å². The fourth-order valence-electron chi connectivity index (χ4n) is 3.52. The monoisotopic (exact) mass is 395 g/mol. The molecule has 2 amide bonds. The molecule has 0 spiro atoms. The number of aromatic nitrogens is 1. The Morgan fingerprint density at radius 1 is 1.14 bits per heavy atom. The maximum Gasteiger partial charge on any atom is 0.314 e. The van der Waals surface area contributed by atoms with Gasteiger partial charge in [0.2, 0.25) is 0 Å². The van der Waals surface area contributed by atoms with Crippen molar-refractivity contribution < 1.29 is 14.6 Å². The first-order valence-electron chi connectivity index (χ1n) is 9.84. The van der Waals surface area contributed by atoms with Crippen LogP contribution in [0.1, 0.15) is 18.1 Å². The third-order valence-corrected chi connectivity index (χ3v) is 5.18. The lowest BCUT2D eigenvalue weighted by molar-refractivity contribution is 0.140. The zero-order valence-corrected chi connectivity index (χ0v) is 17.0. The van der Waals surface area contributed by atoms with Gasteiger partial charge in [-0.1, -0.05) is 43.3 Å². The minimum absolute atomic E-state index is 0.00267. The van der Waals surface area contributed by atoms with Gasteiger partial charge in [-0.05, 0) is 36.1 Å². The largest absolute Gasteiger partial charge is 0.496 e. The summed E-state index contributed by atoms with van der Waals surface area (Å²) in [6, 6.07) is 15.6. The lowest BCUT2D eigenvalue weighted by Crippen LogP contribution is -2.44. The number of hydrogen-bond donors (Lipinski definition) is 4. The number of hydrogen-bond acceptors (Lipinski definition) is 3. The molecule has 0 aliphatic carbocycles. The van der Waals surface area contributed by atoms with Crippen LogP contribution in [-0.2, 0) is 12.8 Å². The summed E-state index contributed by atoms with van der Waals surface area (Å²) in [5, 5.41) is 16.7. The predicted octanol–water partition coefficient (Wildman–Crippen LogP) is 3.26. The minimum Gasteiger partial charge on any atom is -0.496 e. The Balaban J connectivity index is 1.50.